The van der Waals surface area contributed by atoms with E-state index < -0.39 is 0 Å². The molecule has 1 amide bonds. The molecule has 2 N–H and O–H groups in total. The maximum absolute atomic E-state index is 13.3. The molecule has 148 valence electrons. The normalized spacial score (nSPS) is 12.2. The highest BCUT2D eigenvalue weighted by Crippen LogP contribution is 2.28. The minimum atomic E-state index is -0.272. The number of para-hydroxylation sites is 2. The van der Waals surface area contributed by atoms with Crippen molar-refractivity contribution in [2.75, 3.05) is 6.54 Å². The van der Waals surface area contributed by atoms with Crippen molar-refractivity contribution in [2.24, 2.45) is 0 Å². The molecule has 29 heavy (non-hydrogen) atoms. The monoisotopic (exact) mass is 391 g/mol. The molecule has 0 bridgehead atoms. The van der Waals surface area contributed by atoms with Crippen LogP contribution < -0.4 is 5.32 Å². The second kappa shape index (κ2) is 8.73. The molecule has 0 unspecified atom stereocenters. The van der Waals surface area contributed by atoms with Gasteiger partial charge in [0, 0.05) is 25.3 Å². The summed E-state index contributed by atoms with van der Waals surface area (Å²) in [5.41, 5.74) is 2.84. The van der Waals surface area contributed by atoms with Crippen LogP contribution in [0.3, 0.4) is 0 Å². The standard InChI is InChI=1S/C23H22FN3O2/c24-17-9-7-16(8-10-17)18(21-6-3-15-29-21)13-14-25-23(28)12-11-22-26-19-4-1-2-5-20(19)27-22/h1-10,15,18H,11-14H2,(H,25,28)(H,26,27)/t18-/m1/s1. The molecular formula is C23H22FN3O2. The first-order valence-electron chi connectivity index (χ1n) is 9.68. The summed E-state index contributed by atoms with van der Waals surface area (Å²) < 4.78 is 18.8. The van der Waals surface area contributed by atoms with Crippen LogP contribution in [0.2, 0.25) is 0 Å². The Balaban J connectivity index is 1.31. The number of aryl methyl sites for hydroxylation is 1. The van der Waals surface area contributed by atoms with Gasteiger partial charge in [-0.25, -0.2) is 9.37 Å². The lowest BCUT2D eigenvalue weighted by atomic mass is 9.93. The van der Waals surface area contributed by atoms with Gasteiger partial charge in [-0.2, -0.15) is 0 Å². The summed E-state index contributed by atoms with van der Waals surface area (Å²) in [6, 6.07) is 17.9. The van der Waals surface area contributed by atoms with E-state index in [0.717, 1.165) is 28.2 Å². The molecule has 0 aliphatic heterocycles. The number of fused-ring (bicyclic) bond motifs is 1. The summed E-state index contributed by atoms with van der Waals surface area (Å²) >= 11 is 0. The molecule has 0 saturated heterocycles. The van der Waals surface area contributed by atoms with Gasteiger partial charge in [0.25, 0.3) is 0 Å². The summed E-state index contributed by atoms with van der Waals surface area (Å²) in [6.07, 6.45) is 3.20. The second-order valence-electron chi connectivity index (χ2n) is 6.96. The van der Waals surface area contributed by atoms with Gasteiger partial charge in [0.1, 0.15) is 17.4 Å². The van der Waals surface area contributed by atoms with Crippen LogP contribution in [0.15, 0.2) is 71.3 Å². The summed E-state index contributed by atoms with van der Waals surface area (Å²) in [7, 11) is 0. The molecule has 0 spiro atoms. The van der Waals surface area contributed by atoms with Crippen LogP contribution >= 0.6 is 0 Å². The van der Waals surface area contributed by atoms with Crippen LogP contribution in [0, 0.1) is 5.82 Å². The number of H-pyrrole nitrogens is 1. The lowest BCUT2D eigenvalue weighted by Gasteiger charge is -2.15. The predicted octanol–water partition coefficient (Wildman–Crippen LogP) is 4.57. The van der Waals surface area contributed by atoms with Gasteiger partial charge in [-0.1, -0.05) is 24.3 Å². The Hall–Kier alpha value is -3.41. The Morgan fingerprint density at radius 1 is 1.10 bits per heavy atom. The smallest absolute Gasteiger partial charge is 0.220 e. The molecule has 4 aromatic rings. The van der Waals surface area contributed by atoms with Crippen molar-refractivity contribution in [3.63, 3.8) is 0 Å². The molecule has 0 fully saturated rings. The highest BCUT2D eigenvalue weighted by Gasteiger charge is 2.17. The third kappa shape index (κ3) is 4.71. The molecule has 2 heterocycles. The van der Waals surface area contributed by atoms with Crippen molar-refractivity contribution < 1.29 is 13.6 Å². The number of furan rings is 1. The van der Waals surface area contributed by atoms with Crippen LogP contribution in [-0.2, 0) is 11.2 Å². The number of benzene rings is 2. The van der Waals surface area contributed by atoms with E-state index in [9.17, 15) is 9.18 Å². The Labute approximate surface area is 168 Å². The number of halogens is 1. The number of carbonyl (C=O) groups is 1. The average molecular weight is 391 g/mol. The summed E-state index contributed by atoms with van der Waals surface area (Å²) in [6.45, 7) is 0.502. The minimum absolute atomic E-state index is 0.0252. The lowest BCUT2D eigenvalue weighted by molar-refractivity contribution is -0.121. The van der Waals surface area contributed by atoms with E-state index in [-0.39, 0.29) is 17.6 Å². The molecular weight excluding hydrogens is 369 g/mol. The van der Waals surface area contributed by atoms with Crippen molar-refractivity contribution in [1.82, 2.24) is 15.3 Å². The van der Waals surface area contributed by atoms with Crippen molar-refractivity contribution in [3.05, 3.63) is 89.9 Å². The number of carbonyl (C=O) groups excluding carboxylic acids is 1. The molecule has 1 atom stereocenters. The van der Waals surface area contributed by atoms with Crippen molar-refractivity contribution in [2.45, 2.75) is 25.2 Å². The number of imidazole rings is 1. The van der Waals surface area contributed by atoms with Crippen molar-refractivity contribution >= 4 is 16.9 Å². The average Bonchev–Trinajstić information content (AvgIpc) is 3.40. The fourth-order valence-electron chi connectivity index (χ4n) is 3.46. The molecule has 4 rings (SSSR count). The SMILES string of the molecule is O=C(CCc1nc2ccccc2[nH]1)NCC[C@H](c1ccc(F)cc1)c1ccco1. The topological polar surface area (TPSA) is 70.9 Å². The number of nitrogens with zero attached hydrogens (tertiary/aromatic N) is 1. The lowest BCUT2D eigenvalue weighted by Crippen LogP contribution is -2.26. The Kier molecular flexibility index (Phi) is 5.70. The first kappa shape index (κ1) is 18.9. The number of amides is 1. The van der Waals surface area contributed by atoms with Gasteiger partial charge in [0.05, 0.1) is 17.3 Å². The maximum Gasteiger partial charge on any atom is 0.220 e. The molecule has 0 radical (unpaired) electrons. The first-order valence-corrected chi connectivity index (χ1v) is 9.68. The van der Waals surface area contributed by atoms with Crippen LogP contribution in [0.25, 0.3) is 11.0 Å². The first-order chi connectivity index (χ1) is 14.2. The summed E-state index contributed by atoms with van der Waals surface area (Å²) in [4.78, 5) is 20.0. The number of aromatic amines is 1. The van der Waals surface area contributed by atoms with E-state index in [0.29, 0.717) is 25.8 Å². The predicted molar refractivity (Wildman–Crippen MR) is 109 cm³/mol. The highest BCUT2D eigenvalue weighted by molar-refractivity contribution is 5.77. The van der Waals surface area contributed by atoms with Crippen LogP contribution in [-0.4, -0.2) is 22.4 Å². The van der Waals surface area contributed by atoms with Gasteiger partial charge in [-0.15, -0.1) is 0 Å². The molecule has 2 aromatic heterocycles. The zero-order valence-corrected chi connectivity index (χ0v) is 15.9. The van der Waals surface area contributed by atoms with Crippen LogP contribution in [0.1, 0.15) is 35.9 Å². The number of hydrogen-bond donors (Lipinski definition) is 2. The number of aromatic nitrogens is 2. The molecule has 6 heteroatoms. The quantitative estimate of drug-likeness (QED) is 0.462. The van der Waals surface area contributed by atoms with Gasteiger partial charge in [-0.05, 0) is 48.4 Å². The zero-order chi connectivity index (χ0) is 20.1. The van der Waals surface area contributed by atoms with E-state index in [4.69, 9.17) is 4.42 Å². The Morgan fingerprint density at radius 2 is 1.93 bits per heavy atom. The van der Waals surface area contributed by atoms with Crippen LogP contribution in [0.4, 0.5) is 4.39 Å². The number of rotatable bonds is 8. The molecule has 5 nitrogen and oxygen atoms in total. The fourth-order valence-corrected chi connectivity index (χ4v) is 3.46. The molecule has 0 aliphatic carbocycles. The third-order valence-electron chi connectivity index (χ3n) is 4.94. The fraction of sp³-hybridized carbons (Fsp3) is 0.217. The minimum Gasteiger partial charge on any atom is -0.469 e. The van der Waals surface area contributed by atoms with Gasteiger partial charge in [0.2, 0.25) is 5.91 Å². The van der Waals surface area contributed by atoms with Gasteiger partial charge >= 0.3 is 0 Å². The molecule has 0 aliphatic rings. The van der Waals surface area contributed by atoms with Crippen molar-refractivity contribution in [1.29, 1.82) is 0 Å². The largest absolute Gasteiger partial charge is 0.469 e. The van der Waals surface area contributed by atoms with Crippen molar-refractivity contribution in [3.8, 4) is 0 Å². The van der Waals surface area contributed by atoms with E-state index in [1.165, 1.54) is 12.1 Å². The zero-order valence-electron chi connectivity index (χ0n) is 15.9. The van der Waals surface area contributed by atoms with E-state index in [1.807, 2.05) is 36.4 Å². The van der Waals surface area contributed by atoms with E-state index >= 15 is 0 Å². The van der Waals surface area contributed by atoms with Gasteiger partial charge in [0.15, 0.2) is 0 Å². The highest BCUT2D eigenvalue weighted by atomic mass is 19.1. The molecule has 0 saturated carbocycles. The van der Waals surface area contributed by atoms with Gasteiger partial charge in [-0.3, -0.25) is 4.79 Å². The number of hydrogen-bond acceptors (Lipinski definition) is 3. The summed E-state index contributed by atoms with van der Waals surface area (Å²) in [5.74, 6) is 1.27. The number of nitrogens with one attached hydrogen (secondary N) is 2. The van der Waals surface area contributed by atoms with Crippen LogP contribution in [0.5, 0.6) is 0 Å². The van der Waals surface area contributed by atoms with Gasteiger partial charge < -0.3 is 14.7 Å². The Bertz CT molecular complexity index is 1040. The Morgan fingerprint density at radius 3 is 2.69 bits per heavy atom. The second-order valence-corrected chi connectivity index (χ2v) is 6.96. The van der Waals surface area contributed by atoms with E-state index in [2.05, 4.69) is 15.3 Å². The van der Waals surface area contributed by atoms with E-state index in [1.54, 1.807) is 18.4 Å². The third-order valence-corrected chi connectivity index (χ3v) is 4.94. The molecule has 2 aromatic carbocycles. The summed E-state index contributed by atoms with van der Waals surface area (Å²) in [5, 5.41) is 2.96. The maximum atomic E-state index is 13.3.